The maximum Gasteiger partial charge on any atom is 0.120 e. The fourth-order valence-electron chi connectivity index (χ4n) is 1.00. The number of hydrogen-bond acceptors (Lipinski definition) is 2. The maximum atomic E-state index is 9.34. The van der Waals surface area contributed by atoms with Crippen LogP contribution < -0.4 is 5.73 Å². The van der Waals surface area contributed by atoms with Crippen molar-refractivity contribution >= 4 is 0 Å². The van der Waals surface area contributed by atoms with Crippen molar-refractivity contribution in [1.82, 2.24) is 0 Å². The van der Waals surface area contributed by atoms with Crippen molar-refractivity contribution < 1.29 is 5.11 Å². The summed E-state index contributed by atoms with van der Waals surface area (Å²) in [5.41, 5.74) is 7.33. The topological polar surface area (TPSA) is 46.2 Å². The van der Waals surface area contributed by atoms with Crippen LogP contribution in [0.3, 0.4) is 0 Å². The third-order valence-corrected chi connectivity index (χ3v) is 1.78. The molecule has 0 saturated carbocycles. The van der Waals surface area contributed by atoms with Crippen LogP contribution in [0.25, 0.3) is 0 Å². The highest BCUT2D eigenvalue weighted by atomic mass is 16.3. The van der Waals surface area contributed by atoms with Crippen molar-refractivity contribution in [3.05, 3.63) is 29.3 Å². The Balaban J connectivity index is 2.99. The Morgan fingerprint density at radius 1 is 1.45 bits per heavy atom. The van der Waals surface area contributed by atoms with Crippen LogP contribution in [-0.4, -0.2) is 5.11 Å². The number of benzene rings is 1. The van der Waals surface area contributed by atoms with Crippen LogP contribution in [0, 0.1) is 0 Å². The molecule has 0 aliphatic carbocycles. The lowest BCUT2D eigenvalue weighted by Crippen LogP contribution is -1.96. The Kier molecular flexibility index (Phi) is 2.49. The molecular formula is C9H13NO. The summed E-state index contributed by atoms with van der Waals surface area (Å²) in [6, 6.07) is 5.62. The van der Waals surface area contributed by atoms with Gasteiger partial charge in [-0.05, 0) is 18.1 Å². The van der Waals surface area contributed by atoms with E-state index in [1.165, 1.54) is 0 Å². The van der Waals surface area contributed by atoms with Crippen LogP contribution >= 0.6 is 0 Å². The zero-order valence-electron chi connectivity index (χ0n) is 6.67. The van der Waals surface area contributed by atoms with Crippen molar-refractivity contribution in [2.24, 2.45) is 5.73 Å². The van der Waals surface area contributed by atoms with Crippen molar-refractivity contribution in [2.45, 2.75) is 19.9 Å². The Labute approximate surface area is 66.7 Å². The Bertz CT molecular complexity index is 245. The second-order valence-electron chi connectivity index (χ2n) is 2.52. The first kappa shape index (κ1) is 8.08. The third kappa shape index (κ3) is 1.71. The van der Waals surface area contributed by atoms with Crippen LogP contribution in [0.1, 0.15) is 18.1 Å². The first-order chi connectivity index (χ1) is 5.27. The predicted molar refractivity (Wildman–Crippen MR) is 45.4 cm³/mol. The smallest absolute Gasteiger partial charge is 0.120 e. The molecule has 0 aliphatic heterocycles. The molecule has 0 heterocycles. The van der Waals surface area contributed by atoms with Gasteiger partial charge in [0.15, 0.2) is 0 Å². The molecule has 60 valence electrons. The van der Waals surface area contributed by atoms with Crippen molar-refractivity contribution in [1.29, 1.82) is 0 Å². The quantitative estimate of drug-likeness (QED) is 0.671. The highest BCUT2D eigenvalue weighted by Crippen LogP contribution is 2.18. The van der Waals surface area contributed by atoms with Crippen molar-refractivity contribution in [3.8, 4) is 5.75 Å². The summed E-state index contributed by atoms with van der Waals surface area (Å²) >= 11 is 0. The van der Waals surface area contributed by atoms with E-state index in [0.717, 1.165) is 17.5 Å². The molecule has 1 rings (SSSR count). The SMILES string of the molecule is CCc1ccc(CN)c(O)c1. The average Bonchev–Trinajstić information content (AvgIpc) is 2.04. The fraction of sp³-hybridized carbons (Fsp3) is 0.333. The summed E-state index contributed by atoms with van der Waals surface area (Å²) in [6.45, 7) is 2.45. The van der Waals surface area contributed by atoms with E-state index in [1.807, 2.05) is 12.1 Å². The normalized spacial score (nSPS) is 10.0. The van der Waals surface area contributed by atoms with Crippen molar-refractivity contribution in [3.63, 3.8) is 0 Å². The van der Waals surface area contributed by atoms with E-state index in [9.17, 15) is 5.11 Å². The van der Waals surface area contributed by atoms with E-state index >= 15 is 0 Å². The zero-order valence-corrected chi connectivity index (χ0v) is 6.67. The second-order valence-corrected chi connectivity index (χ2v) is 2.52. The highest BCUT2D eigenvalue weighted by molar-refractivity contribution is 5.36. The van der Waals surface area contributed by atoms with Gasteiger partial charge in [-0.25, -0.2) is 0 Å². The molecule has 0 spiro atoms. The van der Waals surface area contributed by atoms with Gasteiger partial charge in [0.1, 0.15) is 5.75 Å². The van der Waals surface area contributed by atoms with Gasteiger partial charge in [-0.1, -0.05) is 19.1 Å². The fourth-order valence-corrected chi connectivity index (χ4v) is 1.00. The van der Waals surface area contributed by atoms with Gasteiger partial charge in [-0.3, -0.25) is 0 Å². The van der Waals surface area contributed by atoms with Crippen molar-refractivity contribution in [2.75, 3.05) is 0 Å². The molecule has 2 nitrogen and oxygen atoms in total. The number of aromatic hydroxyl groups is 1. The summed E-state index contributed by atoms with van der Waals surface area (Å²) in [4.78, 5) is 0. The van der Waals surface area contributed by atoms with Gasteiger partial charge in [0.05, 0.1) is 0 Å². The number of phenolic OH excluding ortho intramolecular Hbond substituents is 1. The summed E-state index contributed by atoms with van der Waals surface area (Å²) in [7, 11) is 0. The molecule has 0 amide bonds. The minimum absolute atomic E-state index is 0.312. The van der Waals surface area contributed by atoms with E-state index in [-0.39, 0.29) is 0 Å². The number of aryl methyl sites for hydroxylation is 1. The predicted octanol–water partition coefficient (Wildman–Crippen LogP) is 1.41. The summed E-state index contributed by atoms with van der Waals surface area (Å²) in [5.74, 6) is 0.312. The minimum atomic E-state index is 0.312. The molecule has 0 fully saturated rings. The van der Waals surface area contributed by atoms with Gasteiger partial charge in [-0.15, -0.1) is 0 Å². The van der Waals surface area contributed by atoms with Crippen LogP contribution in [0.15, 0.2) is 18.2 Å². The van der Waals surface area contributed by atoms with E-state index in [1.54, 1.807) is 6.07 Å². The van der Waals surface area contributed by atoms with Crippen LogP contribution in [0.5, 0.6) is 5.75 Å². The first-order valence-corrected chi connectivity index (χ1v) is 3.78. The summed E-state index contributed by atoms with van der Waals surface area (Å²) < 4.78 is 0. The monoisotopic (exact) mass is 151 g/mol. The van der Waals surface area contributed by atoms with Gasteiger partial charge >= 0.3 is 0 Å². The number of hydrogen-bond donors (Lipinski definition) is 2. The van der Waals surface area contributed by atoms with Crippen LogP contribution in [-0.2, 0) is 13.0 Å². The van der Waals surface area contributed by atoms with E-state index in [2.05, 4.69) is 6.92 Å². The number of rotatable bonds is 2. The molecule has 0 aliphatic rings. The van der Waals surface area contributed by atoms with Gasteiger partial charge < -0.3 is 10.8 Å². The first-order valence-electron chi connectivity index (χ1n) is 3.78. The summed E-state index contributed by atoms with van der Waals surface area (Å²) in [5, 5.41) is 9.34. The lowest BCUT2D eigenvalue weighted by molar-refractivity contribution is 0.467. The largest absolute Gasteiger partial charge is 0.508 e. The molecule has 0 aromatic heterocycles. The van der Waals surface area contributed by atoms with Gasteiger partial charge in [0.25, 0.3) is 0 Å². The van der Waals surface area contributed by atoms with E-state index in [0.29, 0.717) is 12.3 Å². The van der Waals surface area contributed by atoms with Gasteiger partial charge in [0.2, 0.25) is 0 Å². The van der Waals surface area contributed by atoms with E-state index < -0.39 is 0 Å². The number of nitrogens with two attached hydrogens (primary N) is 1. The molecule has 0 unspecified atom stereocenters. The van der Waals surface area contributed by atoms with E-state index in [4.69, 9.17) is 5.73 Å². The molecule has 1 aromatic carbocycles. The maximum absolute atomic E-state index is 9.34. The Morgan fingerprint density at radius 3 is 2.64 bits per heavy atom. The molecule has 1 aromatic rings. The Morgan fingerprint density at radius 2 is 2.18 bits per heavy atom. The molecule has 11 heavy (non-hydrogen) atoms. The zero-order chi connectivity index (χ0) is 8.27. The molecule has 2 heteroatoms. The minimum Gasteiger partial charge on any atom is -0.508 e. The second kappa shape index (κ2) is 3.39. The highest BCUT2D eigenvalue weighted by Gasteiger charge is 1.98. The standard InChI is InChI=1S/C9H13NO/c1-2-7-3-4-8(6-10)9(11)5-7/h3-5,11H,2,6,10H2,1H3. The molecule has 0 radical (unpaired) electrons. The van der Waals surface area contributed by atoms with Gasteiger partial charge in [0, 0.05) is 12.1 Å². The number of phenols is 1. The Hall–Kier alpha value is -1.02. The summed E-state index contributed by atoms with van der Waals surface area (Å²) in [6.07, 6.45) is 0.943. The van der Waals surface area contributed by atoms with Crippen LogP contribution in [0.2, 0.25) is 0 Å². The third-order valence-electron chi connectivity index (χ3n) is 1.78. The molecule has 3 N–H and O–H groups in total. The molecular weight excluding hydrogens is 138 g/mol. The molecule has 0 saturated heterocycles. The van der Waals surface area contributed by atoms with Gasteiger partial charge in [-0.2, -0.15) is 0 Å². The molecule has 0 bridgehead atoms. The van der Waals surface area contributed by atoms with Crippen LogP contribution in [0.4, 0.5) is 0 Å². The molecule has 0 atom stereocenters. The lowest BCUT2D eigenvalue weighted by Gasteiger charge is -2.02. The average molecular weight is 151 g/mol. The lowest BCUT2D eigenvalue weighted by atomic mass is 10.1.